The fraction of sp³-hybridized carbons (Fsp3) is 0.474. The molecule has 0 amide bonds. The lowest BCUT2D eigenvalue weighted by molar-refractivity contribution is 0.143. The molecule has 3 rings (SSSR count). The number of pyridine rings is 1. The minimum atomic E-state index is 0.471. The molecule has 0 aromatic carbocycles. The largest absolute Gasteiger partial charge is 0.475 e. The van der Waals surface area contributed by atoms with Crippen LogP contribution in [0.2, 0.25) is 0 Å². The fourth-order valence-corrected chi connectivity index (χ4v) is 2.99. The molecule has 9 heteroatoms. The summed E-state index contributed by atoms with van der Waals surface area (Å²) in [6.07, 6.45) is 5.27. The van der Waals surface area contributed by atoms with Crippen LogP contribution in [0.4, 0.5) is 5.95 Å². The maximum atomic E-state index is 5.70. The second kappa shape index (κ2) is 10.4. The minimum Gasteiger partial charge on any atom is -0.475 e. The van der Waals surface area contributed by atoms with E-state index in [1.54, 1.807) is 32.7 Å². The van der Waals surface area contributed by atoms with Crippen LogP contribution >= 0.6 is 0 Å². The highest BCUT2D eigenvalue weighted by Crippen LogP contribution is 2.14. The number of nitrogens with one attached hydrogen (secondary N) is 1. The molecule has 2 aromatic rings. The van der Waals surface area contributed by atoms with E-state index in [0.717, 1.165) is 43.7 Å². The molecule has 150 valence electrons. The van der Waals surface area contributed by atoms with E-state index < -0.39 is 0 Å². The Morgan fingerprint density at radius 1 is 1.07 bits per heavy atom. The molecular weight excluding hydrogens is 358 g/mol. The van der Waals surface area contributed by atoms with Crippen molar-refractivity contribution in [1.29, 1.82) is 0 Å². The second-order valence-electron chi connectivity index (χ2n) is 6.23. The molecule has 3 heterocycles. The van der Waals surface area contributed by atoms with Crippen molar-refractivity contribution >= 4 is 11.9 Å². The smallest absolute Gasteiger partial charge is 0.225 e. The molecule has 1 aliphatic heterocycles. The summed E-state index contributed by atoms with van der Waals surface area (Å²) in [7, 11) is 3.45. The van der Waals surface area contributed by atoms with E-state index >= 15 is 0 Å². The quantitative estimate of drug-likeness (QED) is 0.425. The molecule has 1 saturated heterocycles. The van der Waals surface area contributed by atoms with Crippen LogP contribution in [0.15, 0.2) is 41.8 Å². The van der Waals surface area contributed by atoms with E-state index in [0.29, 0.717) is 25.6 Å². The molecule has 0 aliphatic carbocycles. The SMILES string of the molecule is CN=C(NCc1cccnc1OCCOC)N1CCN(c2ncccn2)CC1. The van der Waals surface area contributed by atoms with Gasteiger partial charge in [-0.2, -0.15) is 0 Å². The van der Waals surface area contributed by atoms with Crippen molar-refractivity contribution in [3.8, 4) is 5.88 Å². The van der Waals surface area contributed by atoms with Crippen molar-refractivity contribution in [1.82, 2.24) is 25.2 Å². The highest BCUT2D eigenvalue weighted by atomic mass is 16.5. The Morgan fingerprint density at radius 2 is 1.82 bits per heavy atom. The molecule has 0 atom stereocenters. The summed E-state index contributed by atoms with van der Waals surface area (Å²) in [5.74, 6) is 2.26. The molecule has 9 nitrogen and oxygen atoms in total. The van der Waals surface area contributed by atoms with Crippen LogP contribution < -0.4 is 15.0 Å². The van der Waals surface area contributed by atoms with Crippen molar-refractivity contribution in [2.75, 3.05) is 58.5 Å². The molecule has 0 unspecified atom stereocenters. The molecular formula is C19H27N7O2. The lowest BCUT2D eigenvalue weighted by Crippen LogP contribution is -2.52. The summed E-state index contributed by atoms with van der Waals surface area (Å²) in [5.41, 5.74) is 0.982. The first kappa shape index (κ1) is 19.8. The molecule has 2 aromatic heterocycles. The average Bonchev–Trinajstić information content (AvgIpc) is 2.76. The number of guanidine groups is 1. The Morgan fingerprint density at radius 3 is 2.54 bits per heavy atom. The van der Waals surface area contributed by atoms with Gasteiger partial charge in [0, 0.05) is 71.0 Å². The Labute approximate surface area is 165 Å². The van der Waals surface area contributed by atoms with Gasteiger partial charge in [0.25, 0.3) is 0 Å². The van der Waals surface area contributed by atoms with Gasteiger partial charge in [0.05, 0.1) is 6.61 Å². The normalized spacial score (nSPS) is 14.9. The predicted molar refractivity (Wildman–Crippen MR) is 108 cm³/mol. The standard InChI is InChI=1S/C19H27N7O2/c1-20-18(24-15-16-5-3-6-21-17(16)28-14-13-27-2)25-9-11-26(12-10-25)19-22-7-4-8-23-19/h3-8H,9-15H2,1-2H3,(H,20,24). The summed E-state index contributed by atoms with van der Waals surface area (Å²) < 4.78 is 10.7. The van der Waals surface area contributed by atoms with Gasteiger partial charge in [-0.05, 0) is 12.1 Å². The van der Waals surface area contributed by atoms with Gasteiger partial charge in [0.1, 0.15) is 6.61 Å². The van der Waals surface area contributed by atoms with E-state index in [4.69, 9.17) is 9.47 Å². The summed E-state index contributed by atoms with van der Waals surface area (Å²) in [5, 5.41) is 3.42. The van der Waals surface area contributed by atoms with Crippen molar-refractivity contribution in [3.05, 3.63) is 42.4 Å². The van der Waals surface area contributed by atoms with E-state index in [1.165, 1.54) is 0 Å². The monoisotopic (exact) mass is 385 g/mol. The van der Waals surface area contributed by atoms with Crippen molar-refractivity contribution in [2.24, 2.45) is 4.99 Å². The molecule has 1 N–H and O–H groups in total. The predicted octanol–water partition coefficient (Wildman–Crippen LogP) is 0.794. The third-order valence-electron chi connectivity index (χ3n) is 4.44. The number of methoxy groups -OCH3 is 1. The van der Waals surface area contributed by atoms with Gasteiger partial charge in [0.2, 0.25) is 11.8 Å². The van der Waals surface area contributed by atoms with Crippen LogP contribution in [0.5, 0.6) is 5.88 Å². The van der Waals surface area contributed by atoms with E-state index in [-0.39, 0.29) is 0 Å². The second-order valence-corrected chi connectivity index (χ2v) is 6.23. The summed E-state index contributed by atoms with van der Waals surface area (Å²) in [6.45, 7) is 4.99. The molecule has 1 aliphatic rings. The van der Waals surface area contributed by atoms with Gasteiger partial charge < -0.3 is 24.6 Å². The number of aliphatic imine (C=N–C) groups is 1. The number of hydrogen-bond donors (Lipinski definition) is 1. The van der Waals surface area contributed by atoms with Crippen LogP contribution in [0.25, 0.3) is 0 Å². The number of aromatic nitrogens is 3. The number of rotatable bonds is 7. The third kappa shape index (κ3) is 5.29. The van der Waals surface area contributed by atoms with Crippen LogP contribution in [0.1, 0.15) is 5.56 Å². The first-order valence-corrected chi connectivity index (χ1v) is 9.35. The van der Waals surface area contributed by atoms with Crippen LogP contribution in [-0.4, -0.2) is 79.4 Å². The van der Waals surface area contributed by atoms with Gasteiger partial charge in [-0.3, -0.25) is 4.99 Å². The molecule has 0 spiro atoms. The molecule has 0 bridgehead atoms. The third-order valence-corrected chi connectivity index (χ3v) is 4.44. The first-order chi connectivity index (χ1) is 13.8. The van der Waals surface area contributed by atoms with E-state index in [1.807, 2.05) is 18.2 Å². The Kier molecular flexibility index (Phi) is 7.36. The van der Waals surface area contributed by atoms with Gasteiger partial charge in [-0.1, -0.05) is 6.07 Å². The maximum Gasteiger partial charge on any atom is 0.225 e. The fourth-order valence-electron chi connectivity index (χ4n) is 2.99. The van der Waals surface area contributed by atoms with Gasteiger partial charge >= 0.3 is 0 Å². The maximum absolute atomic E-state index is 5.70. The summed E-state index contributed by atoms with van der Waals surface area (Å²) in [6, 6.07) is 5.74. The number of piperazine rings is 1. The van der Waals surface area contributed by atoms with Crippen LogP contribution in [0.3, 0.4) is 0 Å². The van der Waals surface area contributed by atoms with Crippen molar-refractivity contribution in [2.45, 2.75) is 6.54 Å². The Balaban J connectivity index is 1.53. The van der Waals surface area contributed by atoms with Gasteiger partial charge in [0.15, 0.2) is 5.96 Å². The molecule has 0 saturated carbocycles. The zero-order chi connectivity index (χ0) is 19.6. The lowest BCUT2D eigenvalue weighted by Gasteiger charge is -2.36. The number of hydrogen-bond acceptors (Lipinski definition) is 7. The highest BCUT2D eigenvalue weighted by molar-refractivity contribution is 5.80. The zero-order valence-electron chi connectivity index (χ0n) is 16.4. The average molecular weight is 385 g/mol. The molecule has 0 radical (unpaired) electrons. The van der Waals surface area contributed by atoms with Crippen LogP contribution in [-0.2, 0) is 11.3 Å². The van der Waals surface area contributed by atoms with Crippen LogP contribution in [0, 0.1) is 0 Å². The number of ether oxygens (including phenoxy) is 2. The Bertz CT molecular complexity index is 749. The van der Waals surface area contributed by atoms with Crippen molar-refractivity contribution in [3.63, 3.8) is 0 Å². The topological polar surface area (TPSA) is 88.0 Å². The summed E-state index contributed by atoms with van der Waals surface area (Å²) >= 11 is 0. The Hall–Kier alpha value is -2.94. The van der Waals surface area contributed by atoms with E-state index in [9.17, 15) is 0 Å². The number of nitrogens with zero attached hydrogens (tertiary/aromatic N) is 6. The summed E-state index contributed by atoms with van der Waals surface area (Å²) in [4.78, 5) is 21.8. The van der Waals surface area contributed by atoms with Crippen molar-refractivity contribution < 1.29 is 9.47 Å². The number of anilines is 1. The minimum absolute atomic E-state index is 0.471. The van der Waals surface area contributed by atoms with Gasteiger partial charge in [-0.15, -0.1) is 0 Å². The molecule has 28 heavy (non-hydrogen) atoms. The zero-order valence-corrected chi connectivity index (χ0v) is 16.4. The highest BCUT2D eigenvalue weighted by Gasteiger charge is 2.21. The molecule has 1 fully saturated rings. The van der Waals surface area contributed by atoms with E-state index in [2.05, 4.69) is 35.1 Å². The van der Waals surface area contributed by atoms with Gasteiger partial charge in [-0.25, -0.2) is 15.0 Å². The first-order valence-electron chi connectivity index (χ1n) is 9.35. The lowest BCUT2D eigenvalue weighted by atomic mass is 10.2.